The molecule has 7 nitrogen and oxygen atoms in total. The first-order valence-corrected chi connectivity index (χ1v) is 8.80. The highest BCUT2D eigenvalue weighted by Crippen LogP contribution is 2.38. The molecule has 3 rings (SSSR count). The molecule has 1 heterocycles. The fraction of sp³-hybridized carbons (Fsp3) is 0.765. The standard InChI is InChI=1S/C17H24N2O5/c1-11-6-4-5-9-17(11)15(22)19(16(23)18-17)10-14(21)24-13-8-3-2-7-12(13)20/h11,13H,2-10H2,1H3,(H,18,23)/t11-,13-,17+/m1/s1. The van der Waals surface area contributed by atoms with Crippen molar-refractivity contribution in [3.05, 3.63) is 0 Å². The topological polar surface area (TPSA) is 92.8 Å². The zero-order valence-corrected chi connectivity index (χ0v) is 14.0. The molecular formula is C17H24N2O5. The molecule has 3 amide bonds. The molecule has 0 aromatic rings. The van der Waals surface area contributed by atoms with Gasteiger partial charge in [-0.25, -0.2) is 4.79 Å². The number of hydrogen-bond donors (Lipinski definition) is 1. The first-order chi connectivity index (χ1) is 11.4. The molecule has 2 aliphatic carbocycles. The van der Waals surface area contributed by atoms with Crippen LogP contribution in [0.5, 0.6) is 0 Å². The van der Waals surface area contributed by atoms with Gasteiger partial charge in [0.05, 0.1) is 0 Å². The summed E-state index contributed by atoms with van der Waals surface area (Å²) in [5.41, 5.74) is -0.879. The molecule has 0 bridgehead atoms. The van der Waals surface area contributed by atoms with Crippen LogP contribution in [0.2, 0.25) is 0 Å². The lowest BCUT2D eigenvalue weighted by molar-refractivity contribution is -0.158. The van der Waals surface area contributed by atoms with E-state index in [1.807, 2.05) is 6.92 Å². The van der Waals surface area contributed by atoms with Gasteiger partial charge in [-0.3, -0.25) is 19.3 Å². The van der Waals surface area contributed by atoms with Crippen molar-refractivity contribution in [2.24, 2.45) is 5.92 Å². The van der Waals surface area contributed by atoms with Gasteiger partial charge in [0.25, 0.3) is 5.91 Å². The molecule has 1 spiro atoms. The van der Waals surface area contributed by atoms with Gasteiger partial charge in [-0.2, -0.15) is 0 Å². The van der Waals surface area contributed by atoms with Crippen LogP contribution in [0.1, 0.15) is 58.3 Å². The lowest BCUT2D eigenvalue weighted by atomic mass is 9.73. The Hall–Kier alpha value is -1.92. The largest absolute Gasteiger partial charge is 0.453 e. The van der Waals surface area contributed by atoms with E-state index in [0.717, 1.165) is 37.0 Å². The minimum absolute atomic E-state index is 0.0450. The first kappa shape index (κ1) is 16.9. The third kappa shape index (κ3) is 2.91. The average molecular weight is 336 g/mol. The Morgan fingerprint density at radius 1 is 1.21 bits per heavy atom. The third-order valence-corrected chi connectivity index (χ3v) is 5.56. The summed E-state index contributed by atoms with van der Waals surface area (Å²) < 4.78 is 5.20. The molecule has 0 aromatic heterocycles. The lowest BCUT2D eigenvalue weighted by Gasteiger charge is -2.36. The number of nitrogens with zero attached hydrogens (tertiary/aromatic N) is 1. The molecule has 3 aliphatic rings. The van der Waals surface area contributed by atoms with Crippen molar-refractivity contribution in [2.75, 3.05) is 6.54 Å². The Morgan fingerprint density at radius 3 is 2.67 bits per heavy atom. The molecule has 24 heavy (non-hydrogen) atoms. The van der Waals surface area contributed by atoms with Crippen molar-refractivity contribution < 1.29 is 23.9 Å². The molecule has 7 heteroatoms. The van der Waals surface area contributed by atoms with Crippen molar-refractivity contribution in [2.45, 2.75) is 69.9 Å². The maximum atomic E-state index is 12.8. The van der Waals surface area contributed by atoms with Crippen LogP contribution in [0.25, 0.3) is 0 Å². The van der Waals surface area contributed by atoms with E-state index in [2.05, 4.69) is 5.32 Å². The molecule has 2 saturated carbocycles. The number of carbonyl (C=O) groups excluding carboxylic acids is 4. The van der Waals surface area contributed by atoms with Crippen LogP contribution in [-0.4, -0.2) is 46.8 Å². The third-order valence-electron chi connectivity index (χ3n) is 5.56. The van der Waals surface area contributed by atoms with Gasteiger partial charge in [0.2, 0.25) is 0 Å². The Kier molecular flexibility index (Phi) is 4.60. The maximum Gasteiger partial charge on any atom is 0.326 e. The van der Waals surface area contributed by atoms with Crippen molar-refractivity contribution in [3.63, 3.8) is 0 Å². The number of ketones is 1. The van der Waals surface area contributed by atoms with Gasteiger partial charge in [0.1, 0.15) is 12.1 Å². The van der Waals surface area contributed by atoms with Crippen LogP contribution in [0.4, 0.5) is 4.79 Å². The van der Waals surface area contributed by atoms with E-state index in [9.17, 15) is 19.2 Å². The van der Waals surface area contributed by atoms with Gasteiger partial charge in [0, 0.05) is 6.42 Å². The number of hydrogen-bond acceptors (Lipinski definition) is 5. The summed E-state index contributed by atoms with van der Waals surface area (Å²) >= 11 is 0. The summed E-state index contributed by atoms with van der Waals surface area (Å²) in [6.07, 6.45) is 5.27. The number of nitrogens with one attached hydrogen (secondary N) is 1. The minimum Gasteiger partial charge on any atom is -0.453 e. The zero-order chi connectivity index (χ0) is 17.3. The monoisotopic (exact) mass is 336 g/mol. The molecule has 0 unspecified atom stereocenters. The zero-order valence-electron chi connectivity index (χ0n) is 14.0. The van der Waals surface area contributed by atoms with Crippen molar-refractivity contribution in [3.8, 4) is 0 Å². The van der Waals surface area contributed by atoms with E-state index in [1.54, 1.807) is 0 Å². The highest BCUT2D eigenvalue weighted by atomic mass is 16.5. The maximum absolute atomic E-state index is 12.8. The molecule has 132 valence electrons. The van der Waals surface area contributed by atoms with Crippen LogP contribution in [0.3, 0.4) is 0 Å². The quantitative estimate of drug-likeness (QED) is 0.623. The van der Waals surface area contributed by atoms with Crippen LogP contribution in [0.15, 0.2) is 0 Å². The number of amides is 3. The van der Waals surface area contributed by atoms with Gasteiger partial charge in [0.15, 0.2) is 11.9 Å². The van der Waals surface area contributed by atoms with Gasteiger partial charge < -0.3 is 10.1 Å². The number of urea groups is 1. The second-order valence-electron chi connectivity index (χ2n) is 7.13. The van der Waals surface area contributed by atoms with E-state index >= 15 is 0 Å². The molecule has 1 saturated heterocycles. The van der Waals surface area contributed by atoms with E-state index in [4.69, 9.17) is 4.74 Å². The highest BCUT2D eigenvalue weighted by molar-refractivity contribution is 6.09. The molecule has 3 fully saturated rings. The van der Waals surface area contributed by atoms with E-state index < -0.39 is 30.2 Å². The number of carbonyl (C=O) groups is 4. The molecule has 0 radical (unpaired) electrons. The number of esters is 1. The van der Waals surface area contributed by atoms with E-state index in [-0.39, 0.29) is 17.6 Å². The van der Waals surface area contributed by atoms with Crippen molar-refractivity contribution in [1.29, 1.82) is 0 Å². The summed E-state index contributed by atoms with van der Waals surface area (Å²) in [7, 11) is 0. The fourth-order valence-corrected chi connectivity index (χ4v) is 4.04. The second-order valence-corrected chi connectivity index (χ2v) is 7.13. The lowest BCUT2D eigenvalue weighted by Crippen LogP contribution is -2.54. The van der Waals surface area contributed by atoms with E-state index in [1.165, 1.54) is 0 Å². The number of ether oxygens (including phenoxy) is 1. The van der Waals surface area contributed by atoms with Gasteiger partial charge in [-0.05, 0) is 38.0 Å². The van der Waals surface area contributed by atoms with Crippen molar-refractivity contribution in [1.82, 2.24) is 10.2 Å². The van der Waals surface area contributed by atoms with Gasteiger partial charge >= 0.3 is 12.0 Å². The first-order valence-electron chi connectivity index (χ1n) is 8.80. The number of rotatable bonds is 3. The van der Waals surface area contributed by atoms with E-state index in [0.29, 0.717) is 19.3 Å². The Bertz CT molecular complexity index is 575. The summed E-state index contributed by atoms with van der Waals surface area (Å²) in [5, 5.41) is 2.80. The average Bonchev–Trinajstić information content (AvgIpc) is 2.78. The van der Waals surface area contributed by atoms with Gasteiger partial charge in [-0.1, -0.05) is 19.8 Å². The van der Waals surface area contributed by atoms with Gasteiger partial charge in [-0.15, -0.1) is 0 Å². The highest BCUT2D eigenvalue weighted by Gasteiger charge is 2.55. The summed E-state index contributed by atoms with van der Waals surface area (Å²) in [4.78, 5) is 49.8. The second kappa shape index (κ2) is 6.53. The Morgan fingerprint density at radius 2 is 1.96 bits per heavy atom. The van der Waals surface area contributed by atoms with Crippen LogP contribution < -0.4 is 5.32 Å². The SMILES string of the molecule is C[C@@H]1CCCC[C@]12NC(=O)N(CC(=O)O[C@@H]1CCCCC1=O)C2=O. The number of Topliss-reactive ketones (excluding diaryl/α,β-unsaturated/α-hetero) is 1. The summed E-state index contributed by atoms with van der Waals surface area (Å²) in [5.74, 6) is -1.07. The smallest absolute Gasteiger partial charge is 0.326 e. The summed E-state index contributed by atoms with van der Waals surface area (Å²) in [6, 6.07) is -0.541. The predicted octanol–water partition coefficient (Wildman–Crippen LogP) is 1.54. The normalized spacial score (nSPS) is 33.7. The minimum atomic E-state index is -0.879. The van der Waals surface area contributed by atoms with Crippen LogP contribution in [-0.2, 0) is 19.1 Å². The molecule has 0 aromatic carbocycles. The number of imide groups is 1. The predicted molar refractivity (Wildman–Crippen MR) is 84.0 cm³/mol. The molecule has 3 atom stereocenters. The van der Waals surface area contributed by atoms with Crippen LogP contribution in [0, 0.1) is 5.92 Å². The fourth-order valence-electron chi connectivity index (χ4n) is 4.04. The Labute approximate surface area is 141 Å². The summed E-state index contributed by atoms with van der Waals surface area (Å²) in [6.45, 7) is 1.53. The molecular weight excluding hydrogens is 312 g/mol. The molecule has 1 N–H and O–H groups in total. The Balaban J connectivity index is 1.64. The van der Waals surface area contributed by atoms with Crippen LogP contribution >= 0.6 is 0 Å². The van der Waals surface area contributed by atoms with Crippen molar-refractivity contribution >= 4 is 23.7 Å². The molecule has 1 aliphatic heterocycles.